The number of nitrogens with two attached hydrogens (primary N) is 1. The number of amides is 1. The summed E-state index contributed by atoms with van der Waals surface area (Å²) in [5, 5.41) is 24.6. The van der Waals surface area contributed by atoms with Crippen molar-refractivity contribution >= 4 is 34.4 Å². The van der Waals surface area contributed by atoms with Gasteiger partial charge in [-0.1, -0.05) is 0 Å². The molecule has 3 aromatic heterocycles. The van der Waals surface area contributed by atoms with Crippen molar-refractivity contribution in [2.75, 3.05) is 18.2 Å². The molecule has 1 amide bonds. The average molecular weight is 609 g/mol. The van der Waals surface area contributed by atoms with Crippen LogP contribution in [0.3, 0.4) is 0 Å². The Bertz CT molecular complexity index is 1800. The predicted octanol–water partition coefficient (Wildman–Crippen LogP) is 2.79. The molecule has 0 saturated carbocycles. The third-order valence-corrected chi connectivity index (χ3v) is 7.34. The number of aromatic amines is 1. The molecular weight excluding hydrogens is 576 g/mol. The number of aryl methyl sites for hydroxylation is 2. The van der Waals surface area contributed by atoms with Crippen LogP contribution < -0.4 is 21.4 Å². The number of aromatic nitrogens is 2. The summed E-state index contributed by atoms with van der Waals surface area (Å²) in [6.07, 6.45) is -3.56. The zero-order valence-electron chi connectivity index (χ0n) is 24.5. The highest BCUT2D eigenvalue weighted by Crippen LogP contribution is 2.38. The zero-order valence-corrected chi connectivity index (χ0v) is 24.5. The van der Waals surface area contributed by atoms with E-state index in [0.717, 1.165) is 5.69 Å². The van der Waals surface area contributed by atoms with Crippen molar-refractivity contribution in [3.63, 3.8) is 0 Å². The van der Waals surface area contributed by atoms with Gasteiger partial charge in [0.1, 0.15) is 28.9 Å². The number of aromatic hydroxyl groups is 1. The van der Waals surface area contributed by atoms with E-state index in [1.807, 2.05) is 0 Å². The average Bonchev–Trinajstić information content (AvgIpc) is 3.41. The molecular formula is C30H32N4O10. The number of carbonyl (C=O) groups excluding carboxylic acids is 2. The minimum absolute atomic E-state index is 0.0272. The molecule has 0 radical (unpaired) electrons. The van der Waals surface area contributed by atoms with Gasteiger partial charge in [0.2, 0.25) is 6.29 Å². The summed E-state index contributed by atoms with van der Waals surface area (Å²) in [6, 6.07) is 8.88. The van der Waals surface area contributed by atoms with Crippen molar-refractivity contribution < 1.29 is 43.2 Å². The van der Waals surface area contributed by atoms with Gasteiger partial charge in [-0.05, 0) is 64.1 Å². The third-order valence-electron chi connectivity index (χ3n) is 7.34. The number of benzene rings is 1. The van der Waals surface area contributed by atoms with Crippen molar-refractivity contribution in [2.24, 2.45) is 0 Å². The van der Waals surface area contributed by atoms with Crippen molar-refractivity contribution in [2.45, 2.75) is 57.9 Å². The standard InChI is InChI=1S/C30H32N4O10/c1-13-6-8-17(33-13)27(38)43-24-22(36)29(44-30(3,4)25(24)40-5)41-18-9-7-16-21(35)20(28(39)42-23(16)14(18)2)34-26(37)15-10-11-32-19(31)12-15/h6-12,22,24-25,29,33,35-36H,1-5H3,(H2,31,32)(H,34,37)/t22-,24+,25-,29-/m1/s1. The first kappa shape index (κ1) is 30.5. The lowest BCUT2D eigenvalue weighted by Gasteiger charge is -2.47. The van der Waals surface area contributed by atoms with Crippen LogP contribution in [-0.2, 0) is 14.2 Å². The fourth-order valence-corrected chi connectivity index (χ4v) is 5.12. The van der Waals surface area contributed by atoms with Gasteiger partial charge in [-0.2, -0.15) is 0 Å². The van der Waals surface area contributed by atoms with Crippen LogP contribution in [0.5, 0.6) is 11.5 Å². The maximum atomic E-state index is 12.9. The smallest absolute Gasteiger partial charge is 0.364 e. The van der Waals surface area contributed by atoms with Crippen LogP contribution in [0.2, 0.25) is 0 Å². The molecule has 1 saturated heterocycles. The highest BCUT2D eigenvalue weighted by atomic mass is 16.7. The summed E-state index contributed by atoms with van der Waals surface area (Å²) in [4.78, 5) is 45.1. The van der Waals surface area contributed by atoms with Crippen molar-refractivity contribution in [1.82, 2.24) is 9.97 Å². The fraction of sp³-hybridized carbons (Fsp3) is 0.333. The Balaban J connectivity index is 1.42. The Morgan fingerprint density at radius 2 is 1.91 bits per heavy atom. The molecule has 0 aliphatic carbocycles. The Labute approximate surface area is 250 Å². The third kappa shape index (κ3) is 5.69. The highest BCUT2D eigenvalue weighted by Gasteiger charge is 2.53. The summed E-state index contributed by atoms with van der Waals surface area (Å²) in [6.45, 7) is 6.75. The molecule has 1 fully saturated rings. The molecule has 5 rings (SSSR count). The summed E-state index contributed by atoms with van der Waals surface area (Å²) in [5.74, 6) is -1.69. The van der Waals surface area contributed by atoms with Gasteiger partial charge in [0.05, 0.1) is 11.0 Å². The minimum Gasteiger partial charge on any atom is -0.505 e. The maximum Gasteiger partial charge on any atom is 0.364 e. The van der Waals surface area contributed by atoms with Gasteiger partial charge >= 0.3 is 11.6 Å². The van der Waals surface area contributed by atoms with Crippen LogP contribution in [0, 0.1) is 13.8 Å². The second kappa shape index (κ2) is 11.6. The molecule has 14 heteroatoms. The topological polar surface area (TPSA) is 208 Å². The van der Waals surface area contributed by atoms with Crippen LogP contribution in [0.15, 0.2) is 51.8 Å². The SMILES string of the molecule is CO[C@@H]1[C@@H](OC(=O)c2ccc(C)[nH]2)[C@@H](O)[C@H](Oc2ccc3c(O)c(NC(=O)c4ccnc(N)c4)c(=O)oc3c2C)OC1(C)C. The first-order chi connectivity index (χ1) is 20.8. The van der Waals surface area contributed by atoms with Gasteiger partial charge in [-0.25, -0.2) is 14.6 Å². The summed E-state index contributed by atoms with van der Waals surface area (Å²) >= 11 is 0. The van der Waals surface area contributed by atoms with Gasteiger partial charge in [-0.15, -0.1) is 0 Å². The molecule has 4 aromatic rings. The van der Waals surface area contributed by atoms with Crippen LogP contribution in [0.4, 0.5) is 11.5 Å². The number of fused-ring (bicyclic) bond motifs is 1. The van der Waals surface area contributed by atoms with E-state index in [2.05, 4.69) is 15.3 Å². The van der Waals surface area contributed by atoms with Crippen molar-refractivity contribution in [3.8, 4) is 11.5 Å². The number of methoxy groups -OCH3 is 1. The van der Waals surface area contributed by atoms with Crippen LogP contribution in [0.25, 0.3) is 11.0 Å². The number of pyridine rings is 1. The van der Waals surface area contributed by atoms with E-state index in [9.17, 15) is 24.6 Å². The number of nitrogens with zero attached hydrogens (tertiary/aromatic N) is 1. The number of anilines is 2. The largest absolute Gasteiger partial charge is 0.505 e. The van der Waals surface area contributed by atoms with Gasteiger partial charge in [0.15, 0.2) is 23.6 Å². The van der Waals surface area contributed by atoms with Crippen molar-refractivity contribution in [1.29, 1.82) is 0 Å². The molecule has 0 spiro atoms. The molecule has 14 nitrogen and oxygen atoms in total. The van der Waals surface area contributed by atoms with Gasteiger partial charge < -0.3 is 49.6 Å². The van der Waals surface area contributed by atoms with Crippen molar-refractivity contribution in [3.05, 3.63) is 75.5 Å². The molecule has 1 aliphatic heterocycles. The van der Waals surface area contributed by atoms with E-state index in [4.69, 9.17) is 29.1 Å². The second-order valence-corrected chi connectivity index (χ2v) is 10.9. The summed E-state index contributed by atoms with van der Waals surface area (Å²) < 4.78 is 28.8. The lowest BCUT2D eigenvalue weighted by Crippen LogP contribution is -2.65. The van der Waals surface area contributed by atoms with Gasteiger partial charge in [0, 0.05) is 30.1 Å². The number of carbonyl (C=O) groups is 2. The zero-order chi connectivity index (χ0) is 31.9. The number of rotatable bonds is 7. The Morgan fingerprint density at radius 1 is 1.16 bits per heavy atom. The molecule has 6 N–H and O–H groups in total. The quantitative estimate of drug-likeness (QED) is 0.152. The molecule has 0 unspecified atom stereocenters. The molecule has 4 atom stereocenters. The summed E-state index contributed by atoms with van der Waals surface area (Å²) in [5.41, 5.74) is 4.39. The molecule has 1 aromatic carbocycles. The molecule has 4 heterocycles. The number of esters is 1. The molecule has 1 aliphatic rings. The summed E-state index contributed by atoms with van der Waals surface area (Å²) in [7, 11) is 1.41. The highest BCUT2D eigenvalue weighted by molar-refractivity contribution is 6.06. The van der Waals surface area contributed by atoms with E-state index in [1.54, 1.807) is 39.8 Å². The van der Waals surface area contributed by atoms with E-state index < -0.39 is 59.1 Å². The Morgan fingerprint density at radius 3 is 2.57 bits per heavy atom. The number of H-pyrrole nitrogens is 1. The number of hydrogen-bond acceptors (Lipinski definition) is 12. The lowest BCUT2D eigenvalue weighted by molar-refractivity contribution is -0.305. The van der Waals surface area contributed by atoms with E-state index in [1.165, 1.54) is 37.6 Å². The first-order valence-corrected chi connectivity index (χ1v) is 13.5. The van der Waals surface area contributed by atoms with Gasteiger partial charge in [-0.3, -0.25) is 4.79 Å². The molecule has 0 bridgehead atoms. The number of nitrogens with one attached hydrogen (secondary N) is 2. The Hall–Kier alpha value is -4.92. The van der Waals surface area contributed by atoms with Crippen LogP contribution in [0.1, 0.15) is 46.0 Å². The number of ether oxygens (including phenoxy) is 4. The predicted molar refractivity (Wildman–Crippen MR) is 157 cm³/mol. The van der Waals surface area contributed by atoms with Gasteiger partial charge in [0.25, 0.3) is 5.91 Å². The second-order valence-electron chi connectivity index (χ2n) is 10.9. The number of aliphatic hydroxyl groups excluding tert-OH is 1. The maximum absolute atomic E-state index is 12.9. The Kier molecular flexibility index (Phi) is 8.07. The van der Waals surface area contributed by atoms with Crippen LogP contribution in [-0.4, -0.2) is 69.4 Å². The number of hydrogen-bond donors (Lipinski definition) is 5. The normalized spacial score (nSPS) is 21.1. The fourth-order valence-electron chi connectivity index (χ4n) is 5.12. The van der Waals surface area contributed by atoms with E-state index >= 15 is 0 Å². The van der Waals surface area contributed by atoms with E-state index in [-0.39, 0.29) is 39.4 Å². The van der Waals surface area contributed by atoms with Crippen LogP contribution >= 0.6 is 0 Å². The number of nitrogen functional groups attached to an aromatic ring is 1. The first-order valence-electron chi connectivity index (χ1n) is 13.5. The monoisotopic (exact) mass is 608 g/mol. The molecule has 232 valence electrons. The minimum atomic E-state index is -1.50. The van der Waals surface area contributed by atoms with E-state index in [0.29, 0.717) is 0 Å². The number of aliphatic hydroxyl groups is 1. The molecule has 44 heavy (non-hydrogen) atoms. The lowest BCUT2D eigenvalue weighted by atomic mass is 9.89.